The van der Waals surface area contributed by atoms with Crippen LogP contribution in [0.25, 0.3) is 0 Å². The summed E-state index contributed by atoms with van der Waals surface area (Å²) in [5.41, 5.74) is 0.782. The highest BCUT2D eigenvalue weighted by Gasteiger charge is 2.14. The molecule has 0 aromatic heterocycles. The van der Waals surface area contributed by atoms with Gasteiger partial charge in [-0.2, -0.15) is 0 Å². The number of nitrogens with one attached hydrogen (secondary N) is 2. The van der Waals surface area contributed by atoms with Crippen LogP contribution in [-0.2, 0) is 0 Å². The zero-order chi connectivity index (χ0) is 12.8. The lowest BCUT2D eigenvalue weighted by Gasteiger charge is -2.12. The molecule has 1 aromatic rings. The number of hydrogen-bond acceptors (Lipinski definition) is 3. The Morgan fingerprint density at radius 2 is 2.26 bits per heavy atom. The van der Waals surface area contributed by atoms with Crippen LogP contribution in [0.5, 0.6) is 0 Å². The Hall–Kier alpha value is -0.710. The van der Waals surface area contributed by atoms with Crippen molar-refractivity contribution in [1.82, 2.24) is 10.6 Å². The third-order valence-corrected chi connectivity index (χ3v) is 4.09. The van der Waals surface area contributed by atoms with Gasteiger partial charge in [0.05, 0.1) is 5.56 Å². The first-order chi connectivity index (χ1) is 8.81. The van der Waals surface area contributed by atoms with Crippen LogP contribution in [0.3, 0.4) is 0 Å². The fraction of sp³-hybridized carbons (Fsp3) is 0.500. The first-order valence-electron chi connectivity index (χ1n) is 6.46. The minimum Gasteiger partial charge on any atom is -0.352 e. The Balaban J connectivity index is 0.00000180. The molecular weight excluding hydrogens is 280 g/mol. The Labute approximate surface area is 125 Å². The molecule has 2 N–H and O–H groups in total. The van der Waals surface area contributed by atoms with Crippen LogP contribution < -0.4 is 10.6 Å². The predicted octanol–water partition coefficient (Wildman–Crippen LogP) is 2.70. The maximum Gasteiger partial charge on any atom is 0.252 e. The molecule has 1 saturated heterocycles. The van der Waals surface area contributed by atoms with Crippen LogP contribution in [-0.4, -0.2) is 31.3 Å². The van der Waals surface area contributed by atoms with Gasteiger partial charge in [-0.3, -0.25) is 4.79 Å². The van der Waals surface area contributed by atoms with E-state index >= 15 is 0 Å². The van der Waals surface area contributed by atoms with E-state index in [1.165, 1.54) is 12.8 Å². The molecule has 0 radical (unpaired) electrons. The van der Waals surface area contributed by atoms with E-state index in [1.807, 2.05) is 30.5 Å². The number of carbonyl (C=O) groups excluding carboxylic acids is 1. The molecule has 1 aliphatic heterocycles. The van der Waals surface area contributed by atoms with E-state index in [9.17, 15) is 4.79 Å². The van der Waals surface area contributed by atoms with Crippen LogP contribution in [0.15, 0.2) is 29.2 Å². The highest BCUT2D eigenvalue weighted by Crippen LogP contribution is 2.19. The molecule has 0 saturated carbocycles. The largest absolute Gasteiger partial charge is 0.352 e. The number of amides is 1. The van der Waals surface area contributed by atoms with Crippen molar-refractivity contribution in [1.29, 1.82) is 0 Å². The smallest absolute Gasteiger partial charge is 0.252 e. The SMILES string of the molecule is CSc1ccccc1C(=O)NCC[C@H]1CCCN1.Cl. The number of benzene rings is 1. The molecule has 19 heavy (non-hydrogen) atoms. The van der Waals surface area contributed by atoms with Crippen molar-refractivity contribution in [2.75, 3.05) is 19.3 Å². The van der Waals surface area contributed by atoms with Crippen molar-refractivity contribution in [3.63, 3.8) is 0 Å². The summed E-state index contributed by atoms with van der Waals surface area (Å²) in [6.45, 7) is 1.87. The van der Waals surface area contributed by atoms with Crippen molar-refractivity contribution < 1.29 is 4.79 Å². The van der Waals surface area contributed by atoms with Gasteiger partial charge in [0, 0.05) is 17.5 Å². The fourth-order valence-electron chi connectivity index (χ4n) is 2.29. The van der Waals surface area contributed by atoms with Gasteiger partial charge in [0.15, 0.2) is 0 Å². The second-order valence-corrected chi connectivity index (χ2v) is 5.39. The first kappa shape index (κ1) is 16.3. The summed E-state index contributed by atoms with van der Waals surface area (Å²) in [5, 5.41) is 6.45. The van der Waals surface area contributed by atoms with Gasteiger partial charge in [0.25, 0.3) is 5.91 Å². The predicted molar refractivity (Wildman–Crippen MR) is 83.4 cm³/mol. The fourth-order valence-corrected chi connectivity index (χ4v) is 2.89. The van der Waals surface area contributed by atoms with Gasteiger partial charge < -0.3 is 10.6 Å². The molecule has 0 aliphatic carbocycles. The van der Waals surface area contributed by atoms with Gasteiger partial charge >= 0.3 is 0 Å². The minimum atomic E-state index is 0. The molecule has 3 nitrogen and oxygen atoms in total. The van der Waals surface area contributed by atoms with E-state index < -0.39 is 0 Å². The Kier molecular flexibility index (Phi) is 7.28. The normalized spacial score (nSPS) is 17.8. The van der Waals surface area contributed by atoms with Gasteiger partial charge in [0.1, 0.15) is 0 Å². The summed E-state index contributed by atoms with van der Waals surface area (Å²) < 4.78 is 0. The molecule has 0 spiro atoms. The molecule has 1 fully saturated rings. The third kappa shape index (κ3) is 4.71. The van der Waals surface area contributed by atoms with Crippen molar-refractivity contribution in [3.05, 3.63) is 29.8 Å². The highest BCUT2D eigenvalue weighted by atomic mass is 35.5. The van der Waals surface area contributed by atoms with Crippen molar-refractivity contribution in [2.24, 2.45) is 0 Å². The summed E-state index contributed by atoms with van der Waals surface area (Å²) in [4.78, 5) is 13.1. The molecule has 5 heteroatoms. The average Bonchev–Trinajstić information content (AvgIpc) is 2.91. The quantitative estimate of drug-likeness (QED) is 0.822. The monoisotopic (exact) mass is 300 g/mol. The van der Waals surface area contributed by atoms with Crippen molar-refractivity contribution in [3.8, 4) is 0 Å². The summed E-state index contributed by atoms with van der Waals surface area (Å²) in [7, 11) is 0. The molecular formula is C14H21ClN2OS. The number of carbonyl (C=O) groups is 1. The Morgan fingerprint density at radius 3 is 2.95 bits per heavy atom. The first-order valence-corrected chi connectivity index (χ1v) is 7.68. The van der Waals surface area contributed by atoms with Crippen LogP contribution in [0.4, 0.5) is 0 Å². The lowest BCUT2D eigenvalue weighted by Crippen LogP contribution is -2.30. The summed E-state index contributed by atoms with van der Waals surface area (Å²) in [6.07, 6.45) is 5.51. The standard InChI is InChI=1S/C14H20N2OS.ClH/c1-18-13-7-3-2-6-12(13)14(17)16-10-8-11-5-4-9-15-11;/h2-3,6-7,11,15H,4-5,8-10H2,1H3,(H,16,17);1H/t11-;/m1./s1. The zero-order valence-corrected chi connectivity index (χ0v) is 12.8. The lowest BCUT2D eigenvalue weighted by atomic mass is 10.1. The van der Waals surface area contributed by atoms with E-state index in [0.717, 1.165) is 30.0 Å². The van der Waals surface area contributed by atoms with E-state index in [-0.39, 0.29) is 18.3 Å². The zero-order valence-electron chi connectivity index (χ0n) is 11.1. The van der Waals surface area contributed by atoms with Crippen LogP contribution in [0.2, 0.25) is 0 Å². The van der Waals surface area contributed by atoms with E-state index in [4.69, 9.17) is 0 Å². The van der Waals surface area contributed by atoms with Gasteiger partial charge in [-0.1, -0.05) is 12.1 Å². The van der Waals surface area contributed by atoms with Crippen LogP contribution >= 0.6 is 24.2 Å². The number of rotatable bonds is 5. The molecule has 0 bridgehead atoms. The molecule has 1 aromatic carbocycles. The van der Waals surface area contributed by atoms with Gasteiger partial charge in [-0.25, -0.2) is 0 Å². The van der Waals surface area contributed by atoms with Crippen molar-refractivity contribution >= 4 is 30.1 Å². The second-order valence-electron chi connectivity index (χ2n) is 4.54. The molecule has 106 valence electrons. The third-order valence-electron chi connectivity index (χ3n) is 3.29. The summed E-state index contributed by atoms with van der Waals surface area (Å²) in [6, 6.07) is 8.33. The summed E-state index contributed by atoms with van der Waals surface area (Å²) >= 11 is 1.61. The minimum absolute atomic E-state index is 0. The van der Waals surface area contributed by atoms with Gasteiger partial charge in [-0.15, -0.1) is 24.2 Å². The number of hydrogen-bond donors (Lipinski definition) is 2. The maximum absolute atomic E-state index is 12.1. The maximum atomic E-state index is 12.1. The molecule has 0 unspecified atom stereocenters. The molecule has 2 rings (SSSR count). The van der Waals surface area contributed by atoms with Crippen LogP contribution in [0.1, 0.15) is 29.6 Å². The van der Waals surface area contributed by atoms with E-state index in [2.05, 4.69) is 10.6 Å². The van der Waals surface area contributed by atoms with Crippen molar-refractivity contribution in [2.45, 2.75) is 30.2 Å². The van der Waals surface area contributed by atoms with E-state index in [0.29, 0.717) is 6.04 Å². The Morgan fingerprint density at radius 1 is 1.47 bits per heavy atom. The summed E-state index contributed by atoms with van der Waals surface area (Å²) in [5.74, 6) is 0.0398. The molecule has 1 heterocycles. The lowest BCUT2D eigenvalue weighted by molar-refractivity contribution is 0.0949. The number of thioether (sulfide) groups is 1. The van der Waals surface area contributed by atoms with Gasteiger partial charge in [0.2, 0.25) is 0 Å². The topological polar surface area (TPSA) is 41.1 Å². The molecule has 1 atom stereocenters. The second kappa shape index (κ2) is 8.46. The van der Waals surface area contributed by atoms with E-state index in [1.54, 1.807) is 11.8 Å². The molecule has 1 aliphatic rings. The van der Waals surface area contributed by atoms with Crippen LogP contribution in [0, 0.1) is 0 Å². The van der Waals surface area contributed by atoms with Gasteiger partial charge in [-0.05, 0) is 44.2 Å². The average molecular weight is 301 g/mol. The molecule has 1 amide bonds. The number of halogens is 1. The highest BCUT2D eigenvalue weighted by molar-refractivity contribution is 7.98. The Bertz CT molecular complexity index is 408.